The van der Waals surface area contributed by atoms with Crippen molar-refractivity contribution >= 4 is 11.3 Å². The summed E-state index contributed by atoms with van der Waals surface area (Å²) in [6.45, 7) is 2.78. The van der Waals surface area contributed by atoms with Gasteiger partial charge in [0.1, 0.15) is 0 Å². The lowest BCUT2D eigenvalue weighted by Crippen LogP contribution is -2.25. The van der Waals surface area contributed by atoms with Crippen LogP contribution >= 0.6 is 11.3 Å². The van der Waals surface area contributed by atoms with Crippen molar-refractivity contribution in [2.75, 3.05) is 6.54 Å². The molecule has 2 atom stereocenters. The van der Waals surface area contributed by atoms with Crippen LogP contribution in [0.4, 0.5) is 0 Å². The Bertz CT molecular complexity index is 300. The molecule has 0 fully saturated rings. The van der Waals surface area contributed by atoms with E-state index >= 15 is 0 Å². The molecule has 0 saturated carbocycles. The van der Waals surface area contributed by atoms with Gasteiger partial charge in [-0.25, -0.2) is 0 Å². The van der Waals surface area contributed by atoms with Crippen molar-refractivity contribution in [2.45, 2.75) is 70.3 Å². The average molecular weight is 283 g/mol. The number of thiophene rings is 1. The van der Waals surface area contributed by atoms with Gasteiger partial charge < -0.3 is 10.8 Å². The number of nitrogens with two attached hydrogens (primary N) is 1. The van der Waals surface area contributed by atoms with Crippen LogP contribution in [0.2, 0.25) is 0 Å². The number of aliphatic hydroxyl groups is 1. The van der Waals surface area contributed by atoms with Crippen LogP contribution in [-0.2, 0) is 0 Å². The minimum atomic E-state index is -0.278. The highest BCUT2D eigenvalue weighted by Gasteiger charge is 2.19. The number of unbranched alkanes of at least 4 members (excludes halogenated alkanes) is 6. The Morgan fingerprint density at radius 3 is 2.42 bits per heavy atom. The number of hydrogen-bond acceptors (Lipinski definition) is 3. The molecule has 2 nitrogen and oxygen atoms in total. The van der Waals surface area contributed by atoms with Gasteiger partial charge in [-0.1, -0.05) is 57.9 Å². The van der Waals surface area contributed by atoms with Crippen LogP contribution in [0.3, 0.4) is 0 Å². The van der Waals surface area contributed by atoms with Gasteiger partial charge >= 0.3 is 0 Å². The predicted molar refractivity (Wildman–Crippen MR) is 84.7 cm³/mol. The summed E-state index contributed by atoms with van der Waals surface area (Å²) < 4.78 is 0. The van der Waals surface area contributed by atoms with E-state index in [-0.39, 0.29) is 12.0 Å². The largest absolute Gasteiger partial charge is 0.392 e. The Morgan fingerprint density at radius 2 is 1.84 bits per heavy atom. The molecular formula is C16H29NOS. The molecule has 0 spiro atoms. The van der Waals surface area contributed by atoms with E-state index in [1.807, 2.05) is 6.07 Å². The Hall–Kier alpha value is -0.380. The molecule has 0 bridgehead atoms. The number of rotatable bonds is 11. The van der Waals surface area contributed by atoms with Crippen LogP contribution in [0.15, 0.2) is 17.5 Å². The second-order valence-corrected chi connectivity index (χ2v) is 6.31. The molecule has 1 heterocycles. The SMILES string of the molecule is CCCCCCCCCC(O)C(CN)c1cccs1. The topological polar surface area (TPSA) is 46.2 Å². The Morgan fingerprint density at radius 1 is 1.16 bits per heavy atom. The summed E-state index contributed by atoms with van der Waals surface area (Å²) in [5, 5.41) is 12.3. The Balaban J connectivity index is 2.14. The van der Waals surface area contributed by atoms with Crippen LogP contribution in [0.5, 0.6) is 0 Å². The molecule has 2 unspecified atom stereocenters. The zero-order chi connectivity index (χ0) is 13.9. The van der Waals surface area contributed by atoms with E-state index in [0.29, 0.717) is 6.54 Å². The summed E-state index contributed by atoms with van der Waals surface area (Å²) in [6, 6.07) is 4.11. The molecule has 3 heteroatoms. The molecule has 0 radical (unpaired) electrons. The minimum Gasteiger partial charge on any atom is -0.392 e. The Kier molecular flexibility index (Phi) is 9.14. The maximum absolute atomic E-state index is 10.2. The molecule has 0 saturated heterocycles. The minimum absolute atomic E-state index is 0.125. The lowest BCUT2D eigenvalue weighted by Gasteiger charge is -2.20. The van der Waals surface area contributed by atoms with Crippen molar-refractivity contribution in [3.8, 4) is 0 Å². The van der Waals surface area contributed by atoms with Gasteiger partial charge in [0.25, 0.3) is 0 Å². The molecule has 0 aromatic carbocycles. The van der Waals surface area contributed by atoms with E-state index in [0.717, 1.165) is 12.8 Å². The summed E-state index contributed by atoms with van der Waals surface area (Å²) >= 11 is 1.70. The monoisotopic (exact) mass is 283 g/mol. The third-order valence-electron chi connectivity index (χ3n) is 3.73. The highest BCUT2D eigenvalue weighted by atomic mass is 32.1. The van der Waals surface area contributed by atoms with Gasteiger partial charge in [0, 0.05) is 17.3 Å². The second kappa shape index (κ2) is 10.4. The predicted octanol–water partition coefficient (Wildman–Crippen LogP) is 4.29. The van der Waals surface area contributed by atoms with Crippen LogP contribution in [0.1, 0.15) is 69.1 Å². The highest BCUT2D eigenvalue weighted by Crippen LogP contribution is 2.26. The van der Waals surface area contributed by atoms with Crippen molar-refractivity contribution in [3.05, 3.63) is 22.4 Å². The van der Waals surface area contributed by atoms with Crippen LogP contribution in [0, 0.1) is 0 Å². The molecule has 0 amide bonds. The van der Waals surface area contributed by atoms with Gasteiger partial charge in [-0.3, -0.25) is 0 Å². The maximum atomic E-state index is 10.2. The third kappa shape index (κ3) is 6.55. The first-order valence-electron chi connectivity index (χ1n) is 7.71. The summed E-state index contributed by atoms with van der Waals surface area (Å²) in [6.07, 6.45) is 9.63. The first-order chi connectivity index (χ1) is 9.29. The van der Waals surface area contributed by atoms with E-state index < -0.39 is 0 Å². The Labute approximate surface area is 122 Å². The van der Waals surface area contributed by atoms with Gasteiger partial charge in [-0.2, -0.15) is 0 Å². The number of aliphatic hydroxyl groups excluding tert-OH is 1. The molecule has 0 aliphatic rings. The second-order valence-electron chi connectivity index (χ2n) is 5.33. The number of hydrogen-bond donors (Lipinski definition) is 2. The summed E-state index contributed by atoms with van der Waals surface area (Å²) in [5.74, 6) is 0.125. The standard InChI is InChI=1S/C16H29NOS/c1-2-3-4-5-6-7-8-10-15(18)14(13-17)16-11-9-12-19-16/h9,11-12,14-15,18H,2-8,10,13,17H2,1H3. The van der Waals surface area contributed by atoms with Gasteiger partial charge in [0.05, 0.1) is 6.10 Å². The van der Waals surface area contributed by atoms with Crippen molar-refractivity contribution in [2.24, 2.45) is 5.73 Å². The fourth-order valence-corrected chi connectivity index (χ4v) is 3.38. The van der Waals surface area contributed by atoms with Crippen LogP contribution < -0.4 is 5.73 Å². The van der Waals surface area contributed by atoms with E-state index in [4.69, 9.17) is 5.73 Å². The lowest BCUT2D eigenvalue weighted by atomic mass is 9.95. The quantitative estimate of drug-likeness (QED) is 0.595. The van der Waals surface area contributed by atoms with E-state index in [2.05, 4.69) is 18.4 Å². The van der Waals surface area contributed by atoms with Gasteiger partial charge in [-0.05, 0) is 17.9 Å². The van der Waals surface area contributed by atoms with Crippen molar-refractivity contribution in [1.82, 2.24) is 0 Å². The van der Waals surface area contributed by atoms with E-state index in [9.17, 15) is 5.11 Å². The molecule has 110 valence electrons. The molecule has 19 heavy (non-hydrogen) atoms. The van der Waals surface area contributed by atoms with Crippen molar-refractivity contribution < 1.29 is 5.11 Å². The van der Waals surface area contributed by atoms with Crippen LogP contribution in [0.25, 0.3) is 0 Å². The fraction of sp³-hybridized carbons (Fsp3) is 0.750. The van der Waals surface area contributed by atoms with Crippen molar-refractivity contribution in [1.29, 1.82) is 0 Å². The third-order valence-corrected chi connectivity index (χ3v) is 4.73. The molecule has 0 aliphatic carbocycles. The molecule has 1 rings (SSSR count). The molecule has 1 aromatic heterocycles. The van der Waals surface area contributed by atoms with E-state index in [1.165, 1.54) is 43.4 Å². The van der Waals surface area contributed by atoms with Crippen LogP contribution in [-0.4, -0.2) is 17.8 Å². The molecular weight excluding hydrogens is 254 g/mol. The highest BCUT2D eigenvalue weighted by molar-refractivity contribution is 7.10. The maximum Gasteiger partial charge on any atom is 0.0628 e. The van der Waals surface area contributed by atoms with Gasteiger partial charge in [-0.15, -0.1) is 11.3 Å². The fourth-order valence-electron chi connectivity index (χ4n) is 2.48. The first kappa shape index (κ1) is 16.7. The zero-order valence-electron chi connectivity index (χ0n) is 12.2. The summed E-state index contributed by atoms with van der Waals surface area (Å²) in [7, 11) is 0. The van der Waals surface area contributed by atoms with Gasteiger partial charge in [0.15, 0.2) is 0 Å². The molecule has 1 aromatic rings. The first-order valence-corrected chi connectivity index (χ1v) is 8.59. The smallest absolute Gasteiger partial charge is 0.0628 e. The lowest BCUT2D eigenvalue weighted by molar-refractivity contribution is 0.133. The van der Waals surface area contributed by atoms with E-state index in [1.54, 1.807) is 11.3 Å². The molecule has 0 aliphatic heterocycles. The zero-order valence-corrected chi connectivity index (χ0v) is 13.0. The van der Waals surface area contributed by atoms with Gasteiger partial charge in [0.2, 0.25) is 0 Å². The average Bonchev–Trinajstić information content (AvgIpc) is 2.92. The normalized spacial score (nSPS) is 14.5. The summed E-state index contributed by atoms with van der Waals surface area (Å²) in [4.78, 5) is 1.22. The summed E-state index contributed by atoms with van der Waals surface area (Å²) in [5.41, 5.74) is 5.80. The van der Waals surface area contributed by atoms with Crippen molar-refractivity contribution in [3.63, 3.8) is 0 Å². The molecule has 3 N–H and O–H groups in total.